The molecule has 0 saturated carbocycles. The van der Waals surface area contributed by atoms with Crippen molar-refractivity contribution in [2.24, 2.45) is 4.99 Å². The van der Waals surface area contributed by atoms with E-state index in [0.717, 1.165) is 29.2 Å². The van der Waals surface area contributed by atoms with Gasteiger partial charge in [0.2, 0.25) is 0 Å². The Balaban J connectivity index is 1.94. The van der Waals surface area contributed by atoms with Gasteiger partial charge in [-0.1, -0.05) is 48.2 Å². The summed E-state index contributed by atoms with van der Waals surface area (Å²) < 4.78 is 4.84. The van der Waals surface area contributed by atoms with E-state index in [0.29, 0.717) is 6.04 Å². The average Bonchev–Trinajstić information content (AvgIpc) is 2.67. The highest BCUT2D eigenvalue weighted by molar-refractivity contribution is 9.11. The first-order valence-corrected chi connectivity index (χ1v) is 9.99. The molecule has 0 saturated heterocycles. The summed E-state index contributed by atoms with van der Waals surface area (Å²) in [5, 5.41) is 2.30. The second kappa shape index (κ2) is 8.21. The van der Waals surface area contributed by atoms with Crippen molar-refractivity contribution in [1.82, 2.24) is 0 Å². The number of benzene rings is 2. The van der Waals surface area contributed by atoms with Crippen LogP contribution >= 0.6 is 27.7 Å². The van der Waals surface area contributed by atoms with E-state index in [4.69, 9.17) is 9.73 Å². The zero-order chi connectivity index (χ0) is 17.7. The van der Waals surface area contributed by atoms with Crippen molar-refractivity contribution in [2.75, 3.05) is 12.9 Å². The maximum absolute atomic E-state index is 5.27. The molecule has 2 aromatic carbocycles. The van der Waals surface area contributed by atoms with E-state index < -0.39 is 3.90 Å². The SMILES string of the molecule is C=CCS[C@]1(Br)N=C(c2ccc(OC)cc2)C[C@H](c2ccccc2)[NH2+]1. The van der Waals surface area contributed by atoms with Gasteiger partial charge in [-0.2, -0.15) is 0 Å². The van der Waals surface area contributed by atoms with Crippen LogP contribution in [0.15, 0.2) is 72.2 Å². The second-order valence-corrected chi connectivity index (χ2v) is 8.86. The van der Waals surface area contributed by atoms with E-state index in [-0.39, 0.29) is 0 Å². The lowest BCUT2D eigenvalue weighted by atomic mass is 9.96. The molecule has 2 aromatic rings. The summed E-state index contributed by atoms with van der Waals surface area (Å²) in [5.41, 5.74) is 3.55. The molecule has 2 N–H and O–H groups in total. The van der Waals surface area contributed by atoms with Gasteiger partial charge in [-0.3, -0.25) is 5.32 Å². The number of alkyl halides is 1. The lowest BCUT2D eigenvalue weighted by Gasteiger charge is -2.32. The Kier molecular flexibility index (Phi) is 5.99. The highest BCUT2D eigenvalue weighted by Crippen LogP contribution is 2.34. The number of aliphatic imine (C=N–C) groups is 1. The second-order valence-electron chi connectivity index (χ2n) is 5.88. The number of nitrogens with two attached hydrogens (primary N) is 1. The summed E-state index contributed by atoms with van der Waals surface area (Å²) in [4.78, 5) is 5.00. The molecule has 0 aliphatic carbocycles. The van der Waals surface area contributed by atoms with Gasteiger partial charge in [-0.15, -0.1) is 6.58 Å². The zero-order valence-electron chi connectivity index (χ0n) is 14.2. The van der Waals surface area contributed by atoms with Crippen LogP contribution in [-0.2, 0) is 0 Å². The van der Waals surface area contributed by atoms with Crippen molar-refractivity contribution in [3.8, 4) is 5.75 Å². The molecule has 0 bridgehead atoms. The first kappa shape index (κ1) is 18.2. The van der Waals surface area contributed by atoms with Gasteiger partial charge in [0.1, 0.15) is 11.8 Å². The molecular formula is C20H22BrN2OS+. The number of quaternary nitrogens is 1. The van der Waals surface area contributed by atoms with E-state index in [1.165, 1.54) is 5.56 Å². The van der Waals surface area contributed by atoms with Crippen molar-refractivity contribution in [1.29, 1.82) is 0 Å². The van der Waals surface area contributed by atoms with E-state index in [9.17, 15) is 0 Å². The Bertz CT molecular complexity index is 748. The number of thioether (sulfide) groups is 1. The standard InChI is InChI=1S/C20H21BrN2OS/c1-3-13-25-20(21)22-18(15-7-5-4-6-8-15)14-19(23-20)16-9-11-17(24-2)12-10-16/h3-12,18,22H,1,13-14H2,2H3/p+1/t18-,20+/m1/s1. The fourth-order valence-corrected chi connectivity index (χ4v) is 4.64. The van der Waals surface area contributed by atoms with Crippen LogP contribution in [0, 0.1) is 0 Å². The highest BCUT2D eigenvalue weighted by Gasteiger charge is 2.39. The molecule has 0 spiro atoms. The predicted octanol–water partition coefficient (Wildman–Crippen LogP) is 4.12. The van der Waals surface area contributed by atoms with Gasteiger partial charge in [0.25, 0.3) is 3.90 Å². The molecule has 1 heterocycles. The topological polar surface area (TPSA) is 38.2 Å². The molecule has 2 atom stereocenters. The molecular weight excluding hydrogens is 396 g/mol. The minimum absolute atomic E-state index is 0.312. The third kappa shape index (κ3) is 4.54. The zero-order valence-corrected chi connectivity index (χ0v) is 16.6. The van der Waals surface area contributed by atoms with Crippen LogP contribution in [0.5, 0.6) is 5.75 Å². The third-order valence-electron chi connectivity index (χ3n) is 4.16. The van der Waals surface area contributed by atoms with Crippen molar-refractivity contribution in [3.63, 3.8) is 0 Å². The summed E-state index contributed by atoms with van der Waals surface area (Å²) in [7, 11) is 1.68. The normalized spacial score (nSPS) is 23.0. The molecule has 0 aromatic heterocycles. The summed E-state index contributed by atoms with van der Waals surface area (Å²) >= 11 is 5.58. The van der Waals surface area contributed by atoms with Gasteiger partial charge in [-0.25, -0.2) is 4.99 Å². The minimum Gasteiger partial charge on any atom is -0.497 e. The van der Waals surface area contributed by atoms with E-state index >= 15 is 0 Å². The molecule has 3 rings (SSSR count). The smallest absolute Gasteiger partial charge is 0.294 e. The largest absolute Gasteiger partial charge is 0.497 e. The highest BCUT2D eigenvalue weighted by atomic mass is 79.9. The minimum atomic E-state index is -0.435. The van der Waals surface area contributed by atoms with Gasteiger partial charge >= 0.3 is 0 Å². The van der Waals surface area contributed by atoms with Crippen molar-refractivity contribution < 1.29 is 10.1 Å². The van der Waals surface area contributed by atoms with Crippen LogP contribution in [0.1, 0.15) is 23.6 Å². The predicted molar refractivity (Wildman–Crippen MR) is 110 cm³/mol. The van der Waals surface area contributed by atoms with Crippen molar-refractivity contribution >= 4 is 33.4 Å². The average molecular weight is 418 g/mol. The Hall–Kier alpha value is -1.56. The fourth-order valence-electron chi connectivity index (χ4n) is 2.92. The number of hydrogen-bond acceptors (Lipinski definition) is 3. The van der Waals surface area contributed by atoms with E-state index in [2.05, 4.69) is 70.3 Å². The molecule has 0 radical (unpaired) electrons. The molecule has 1 aliphatic rings. The molecule has 5 heteroatoms. The lowest BCUT2D eigenvalue weighted by molar-refractivity contribution is -0.717. The van der Waals surface area contributed by atoms with Crippen LogP contribution in [0.25, 0.3) is 0 Å². The van der Waals surface area contributed by atoms with Gasteiger partial charge in [0.05, 0.1) is 12.8 Å². The molecule has 0 amide bonds. The third-order valence-corrected chi connectivity index (χ3v) is 6.33. The number of rotatable bonds is 6. The Morgan fingerprint density at radius 2 is 2.00 bits per heavy atom. The van der Waals surface area contributed by atoms with Gasteiger partial charge in [-0.05, 0) is 29.8 Å². The maximum Gasteiger partial charge on any atom is 0.294 e. The number of methoxy groups -OCH3 is 1. The molecule has 1 aliphatic heterocycles. The van der Waals surface area contributed by atoms with Crippen molar-refractivity contribution in [2.45, 2.75) is 16.4 Å². The van der Waals surface area contributed by atoms with Crippen LogP contribution in [-0.4, -0.2) is 22.5 Å². The van der Waals surface area contributed by atoms with Crippen LogP contribution in [0.4, 0.5) is 0 Å². The van der Waals surface area contributed by atoms with Gasteiger partial charge in [0, 0.05) is 33.7 Å². The fraction of sp³-hybridized carbons (Fsp3) is 0.250. The summed E-state index contributed by atoms with van der Waals surface area (Å²) in [6.45, 7) is 3.83. The number of halogens is 1. The number of nitrogens with zero attached hydrogens (tertiary/aromatic N) is 1. The van der Waals surface area contributed by atoms with Crippen LogP contribution in [0.3, 0.4) is 0 Å². The first-order valence-electron chi connectivity index (χ1n) is 8.21. The van der Waals surface area contributed by atoms with Crippen molar-refractivity contribution in [3.05, 3.63) is 78.4 Å². The van der Waals surface area contributed by atoms with Crippen LogP contribution < -0.4 is 10.1 Å². The summed E-state index contributed by atoms with van der Waals surface area (Å²) in [6, 6.07) is 19.1. The Labute approximate surface area is 161 Å². The summed E-state index contributed by atoms with van der Waals surface area (Å²) in [5.74, 6) is 1.69. The van der Waals surface area contributed by atoms with Crippen LogP contribution in [0.2, 0.25) is 0 Å². The Morgan fingerprint density at radius 3 is 2.64 bits per heavy atom. The lowest BCUT2D eigenvalue weighted by Crippen LogP contribution is -2.95. The number of ether oxygens (including phenoxy) is 1. The Morgan fingerprint density at radius 1 is 1.28 bits per heavy atom. The van der Waals surface area contributed by atoms with E-state index in [1.54, 1.807) is 18.9 Å². The maximum atomic E-state index is 5.27. The van der Waals surface area contributed by atoms with Gasteiger partial charge in [0.15, 0.2) is 0 Å². The molecule has 130 valence electrons. The quantitative estimate of drug-likeness (QED) is 0.436. The summed E-state index contributed by atoms with van der Waals surface area (Å²) in [6.07, 6.45) is 2.80. The molecule has 25 heavy (non-hydrogen) atoms. The molecule has 0 fully saturated rings. The molecule has 3 nitrogen and oxygen atoms in total. The van der Waals surface area contributed by atoms with Gasteiger partial charge < -0.3 is 4.74 Å². The number of hydrogen-bond donors (Lipinski definition) is 1. The first-order chi connectivity index (χ1) is 12.1. The monoisotopic (exact) mass is 417 g/mol. The van der Waals surface area contributed by atoms with E-state index in [1.807, 2.05) is 18.2 Å². The molecule has 0 unspecified atom stereocenters.